The van der Waals surface area contributed by atoms with E-state index in [4.69, 9.17) is 4.42 Å². The van der Waals surface area contributed by atoms with Crippen molar-refractivity contribution in [1.29, 1.82) is 0 Å². The predicted molar refractivity (Wildman–Crippen MR) is 84.1 cm³/mol. The Labute approximate surface area is 134 Å². The van der Waals surface area contributed by atoms with E-state index in [0.717, 1.165) is 0 Å². The van der Waals surface area contributed by atoms with Gasteiger partial charge in [-0.05, 0) is 45.0 Å². The molecule has 1 heterocycles. The van der Waals surface area contributed by atoms with Crippen LogP contribution >= 0.6 is 0 Å². The number of benzene rings is 1. The SMILES string of the molecule is CC(O)CN(C(=O)Cc1coc(-c2ccc(F)cc2)n1)C(C)C. The largest absolute Gasteiger partial charge is 0.444 e. The lowest BCUT2D eigenvalue weighted by molar-refractivity contribution is -0.133. The van der Waals surface area contributed by atoms with Gasteiger partial charge in [-0.3, -0.25) is 4.79 Å². The van der Waals surface area contributed by atoms with Crippen LogP contribution in [0.15, 0.2) is 34.9 Å². The normalized spacial score (nSPS) is 12.4. The third kappa shape index (κ3) is 4.63. The van der Waals surface area contributed by atoms with Crippen molar-refractivity contribution in [3.8, 4) is 11.5 Å². The fourth-order valence-corrected chi connectivity index (χ4v) is 2.25. The summed E-state index contributed by atoms with van der Waals surface area (Å²) in [7, 11) is 0. The van der Waals surface area contributed by atoms with E-state index < -0.39 is 6.10 Å². The van der Waals surface area contributed by atoms with Crippen LogP contribution in [-0.2, 0) is 11.2 Å². The highest BCUT2D eigenvalue weighted by atomic mass is 19.1. The van der Waals surface area contributed by atoms with Gasteiger partial charge in [0.1, 0.15) is 12.1 Å². The molecule has 0 aliphatic heterocycles. The molecule has 124 valence electrons. The topological polar surface area (TPSA) is 66.6 Å². The van der Waals surface area contributed by atoms with Gasteiger partial charge < -0.3 is 14.4 Å². The Hall–Kier alpha value is -2.21. The molecule has 1 atom stereocenters. The molecular weight excluding hydrogens is 299 g/mol. The van der Waals surface area contributed by atoms with E-state index in [0.29, 0.717) is 17.1 Å². The van der Waals surface area contributed by atoms with Crippen molar-refractivity contribution in [1.82, 2.24) is 9.88 Å². The average molecular weight is 320 g/mol. The molecular formula is C17H21FN2O3. The Morgan fingerprint density at radius 1 is 1.30 bits per heavy atom. The Kier molecular flexibility index (Phi) is 5.50. The molecule has 6 heteroatoms. The van der Waals surface area contributed by atoms with Gasteiger partial charge in [0.15, 0.2) is 0 Å². The van der Waals surface area contributed by atoms with E-state index >= 15 is 0 Å². The molecule has 1 aromatic carbocycles. The Bertz CT molecular complexity index is 650. The highest BCUT2D eigenvalue weighted by Gasteiger charge is 2.20. The van der Waals surface area contributed by atoms with E-state index in [1.165, 1.54) is 18.4 Å². The quantitative estimate of drug-likeness (QED) is 0.888. The molecule has 0 aliphatic rings. The number of aliphatic hydroxyl groups is 1. The maximum Gasteiger partial charge on any atom is 0.229 e. The van der Waals surface area contributed by atoms with Gasteiger partial charge in [-0.15, -0.1) is 0 Å². The van der Waals surface area contributed by atoms with Crippen LogP contribution < -0.4 is 0 Å². The molecule has 0 saturated heterocycles. The van der Waals surface area contributed by atoms with Crippen LogP contribution in [0, 0.1) is 5.82 Å². The lowest BCUT2D eigenvalue weighted by atomic mass is 10.2. The maximum absolute atomic E-state index is 12.9. The summed E-state index contributed by atoms with van der Waals surface area (Å²) in [5, 5.41) is 9.50. The molecule has 23 heavy (non-hydrogen) atoms. The first-order valence-corrected chi connectivity index (χ1v) is 7.54. The molecule has 1 unspecified atom stereocenters. The summed E-state index contributed by atoms with van der Waals surface area (Å²) in [5.74, 6) is -0.110. The molecule has 0 aliphatic carbocycles. The van der Waals surface area contributed by atoms with Gasteiger partial charge in [-0.2, -0.15) is 0 Å². The summed E-state index contributed by atoms with van der Waals surface area (Å²) < 4.78 is 18.3. The Morgan fingerprint density at radius 3 is 2.52 bits per heavy atom. The van der Waals surface area contributed by atoms with Crippen molar-refractivity contribution in [2.45, 2.75) is 39.3 Å². The van der Waals surface area contributed by atoms with Crippen molar-refractivity contribution in [3.05, 3.63) is 42.0 Å². The molecule has 1 aromatic heterocycles. The molecule has 0 radical (unpaired) electrons. The third-order valence-electron chi connectivity index (χ3n) is 3.38. The molecule has 2 aromatic rings. The minimum atomic E-state index is -0.589. The van der Waals surface area contributed by atoms with Crippen LogP contribution in [0.1, 0.15) is 26.5 Å². The summed E-state index contributed by atoms with van der Waals surface area (Å²) in [6, 6.07) is 5.78. The molecule has 5 nitrogen and oxygen atoms in total. The maximum atomic E-state index is 12.9. The van der Waals surface area contributed by atoms with Gasteiger partial charge >= 0.3 is 0 Å². The summed E-state index contributed by atoms with van der Waals surface area (Å²) in [5.41, 5.74) is 1.15. The monoisotopic (exact) mass is 320 g/mol. The summed E-state index contributed by atoms with van der Waals surface area (Å²) >= 11 is 0. The summed E-state index contributed by atoms with van der Waals surface area (Å²) in [6.07, 6.45) is 0.931. The lowest BCUT2D eigenvalue weighted by Crippen LogP contribution is -2.42. The van der Waals surface area contributed by atoms with E-state index in [1.807, 2.05) is 13.8 Å². The lowest BCUT2D eigenvalue weighted by Gasteiger charge is -2.27. The van der Waals surface area contributed by atoms with Gasteiger partial charge in [0, 0.05) is 18.2 Å². The van der Waals surface area contributed by atoms with Crippen molar-refractivity contribution in [3.63, 3.8) is 0 Å². The number of oxazole rings is 1. The van der Waals surface area contributed by atoms with E-state index in [1.54, 1.807) is 24.0 Å². The average Bonchev–Trinajstić information content (AvgIpc) is 2.93. The number of amides is 1. The van der Waals surface area contributed by atoms with Crippen molar-refractivity contribution in [2.24, 2.45) is 0 Å². The summed E-state index contributed by atoms with van der Waals surface area (Å²) in [6.45, 7) is 5.71. The van der Waals surface area contributed by atoms with Gasteiger partial charge in [0.25, 0.3) is 0 Å². The summed E-state index contributed by atoms with van der Waals surface area (Å²) in [4.78, 5) is 18.2. The number of carbonyl (C=O) groups is 1. The zero-order valence-corrected chi connectivity index (χ0v) is 13.5. The van der Waals surface area contributed by atoms with Crippen LogP contribution in [0.5, 0.6) is 0 Å². The number of aliphatic hydroxyl groups excluding tert-OH is 1. The van der Waals surface area contributed by atoms with Gasteiger partial charge in [-0.1, -0.05) is 0 Å². The molecule has 1 N–H and O–H groups in total. The van der Waals surface area contributed by atoms with Gasteiger partial charge in [0.05, 0.1) is 18.2 Å². The van der Waals surface area contributed by atoms with E-state index in [2.05, 4.69) is 4.98 Å². The number of aromatic nitrogens is 1. The minimum Gasteiger partial charge on any atom is -0.444 e. The first-order valence-electron chi connectivity index (χ1n) is 7.54. The van der Waals surface area contributed by atoms with Crippen LogP contribution in [0.4, 0.5) is 4.39 Å². The molecule has 0 bridgehead atoms. The fourth-order valence-electron chi connectivity index (χ4n) is 2.25. The van der Waals surface area contributed by atoms with Gasteiger partial charge in [-0.25, -0.2) is 9.37 Å². The number of halogens is 1. The third-order valence-corrected chi connectivity index (χ3v) is 3.38. The fraction of sp³-hybridized carbons (Fsp3) is 0.412. The molecule has 0 spiro atoms. The number of hydrogen-bond acceptors (Lipinski definition) is 4. The first-order chi connectivity index (χ1) is 10.9. The van der Waals surface area contributed by atoms with Crippen molar-refractivity contribution in [2.75, 3.05) is 6.54 Å². The number of nitrogens with zero attached hydrogens (tertiary/aromatic N) is 2. The molecule has 2 rings (SSSR count). The van der Waals surface area contributed by atoms with Crippen LogP contribution in [0.25, 0.3) is 11.5 Å². The Balaban J connectivity index is 2.08. The van der Waals surface area contributed by atoms with Gasteiger partial charge in [0.2, 0.25) is 11.8 Å². The standard InChI is InChI=1S/C17H21FN2O3/c1-11(2)20(9-12(3)21)16(22)8-15-10-23-17(19-15)13-4-6-14(18)7-5-13/h4-7,10-12,21H,8-9H2,1-3H3. The second-order valence-corrected chi connectivity index (χ2v) is 5.82. The molecule has 0 fully saturated rings. The second-order valence-electron chi connectivity index (χ2n) is 5.82. The Morgan fingerprint density at radius 2 is 1.96 bits per heavy atom. The zero-order valence-electron chi connectivity index (χ0n) is 13.5. The van der Waals surface area contributed by atoms with Crippen molar-refractivity contribution >= 4 is 5.91 Å². The number of rotatable bonds is 6. The number of carbonyl (C=O) groups excluding carboxylic acids is 1. The van der Waals surface area contributed by atoms with E-state index in [9.17, 15) is 14.3 Å². The van der Waals surface area contributed by atoms with E-state index in [-0.39, 0.29) is 30.7 Å². The molecule has 1 amide bonds. The minimum absolute atomic E-state index is 0.0134. The van der Waals surface area contributed by atoms with Crippen LogP contribution in [0.2, 0.25) is 0 Å². The smallest absolute Gasteiger partial charge is 0.229 e. The molecule has 0 saturated carbocycles. The number of hydrogen-bond donors (Lipinski definition) is 1. The van der Waals surface area contributed by atoms with Crippen LogP contribution in [-0.4, -0.2) is 39.6 Å². The predicted octanol–water partition coefficient (Wildman–Crippen LogP) is 2.64. The zero-order chi connectivity index (χ0) is 17.0. The van der Waals surface area contributed by atoms with Crippen LogP contribution in [0.3, 0.4) is 0 Å². The highest BCUT2D eigenvalue weighted by molar-refractivity contribution is 5.78. The first kappa shape index (κ1) is 17.1. The van der Waals surface area contributed by atoms with Crippen molar-refractivity contribution < 1.29 is 18.7 Å². The second kappa shape index (κ2) is 7.37. The highest BCUT2D eigenvalue weighted by Crippen LogP contribution is 2.19.